The minimum absolute atomic E-state index is 0.471. The summed E-state index contributed by atoms with van der Waals surface area (Å²) < 4.78 is 41.4. The minimum Gasteiger partial charge on any atom is -0.247 e. The Bertz CT molecular complexity index is 3110. The second-order valence-electron chi connectivity index (χ2n) is 13.8. The molecular formula is C49H28F3N5. The number of hydrogen-bond donors (Lipinski definition) is 0. The van der Waals surface area contributed by atoms with E-state index >= 15 is 0 Å². The molecule has 7 aromatic carbocycles. The molecule has 0 radical (unpaired) electrons. The van der Waals surface area contributed by atoms with Gasteiger partial charge in [0.2, 0.25) is 0 Å². The Labute approximate surface area is 326 Å². The number of fused-ring (bicyclic) bond motifs is 5. The molecule has 0 fully saturated rings. The Balaban J connectivity index is 1.38. The smallest absolute Gasteiger partial charge is 0.247 e. The Morgan fingerprint density at radius 1 is 0.474 bits per heavy atom. The summed E-state index contributed by atoms with van der Waals surface area (Å²) in [6.45, 7) is 16.7. The highest BCUT2D eigenvalue weighted by atomic mass is 19.4. The van der Waals surface area contributed by atoms with Crippen molar-refractivity contribution >= 4 is 44.1 Å². The number of alkyl halides is 3. The van der Waals surface area contributed by atoms with Crippen LogP contribution in [0.2, 0.25) is 0 Å². The number of para-hydroxylation sites is 1. The molecule has 8 heteroatoms. The van der Waals surface area contributed by atoms with Crippen molar-refractivity contribution < 1.29 is 13.2 Å². The molecule has 0 aliphatic heterocycles. The van der Waals surface area contributed by atoms with E-state index in [-0.39, 0.29) is 0 Å². The van der Waals surface area contributed by atoms with Crippen molar-refractivity contribution in [1.29, 1.82) is 0 Å². The molecule has 0 aliphatic carbocycles. The second kappa shape index (κ2) is 13.9. The van der Waals surface area contributed by atoms with Crippen molar-refractivity contribution in [3.05, 3.63) is 186 Å². The first kappa shape index (κ1) is 35.0. The molecule has 0 saturated heterocycles. The second-order valence-corrected chi connectivity index (χ2v) is 13.8. The Morgan fingerprint density at radius 3 is 1.65 bits per heavy atom. The van der Waals surface area contributed by atoms with E-state index in [1.165, 1.54) is 6.07 Å². The van der Waals surface area contributed by atoms with E-state index in [9.17, 15) is 13.2 Å². The molecule has 5 nitrogen and oxygen atoms in total. The monoisotopic (exact) mass is 743 g/mol. The first-order valence-electron chi connectivity index (χ1n) is 18.1. The van der Waals surface area contributed by atoms with Crippen molar-refractivity contribution in [2.45, 2.75) is 13.1 Å². The van der Waals surface area contributed by atoms with Crippen LogP contribution in [0.1, 0.15) is 11.1 Å². The van der Waals surface area contributed by atoms with Gasteiger partial charge in [0.05, 0.1) is 52.3 Å². The van der Waals surface area contributed by atoms with Crippen LogP contribution in [0.4, 0.5) is 24.5 Å². The maximum Gasteiger partial charge on any atom is 0.416 e. The zero-order valence-electron chi connectivity index (χ0n) is 30.3. The number of hydrogen-bond acceptors (Lipinski definition) is 3. The standard InChI is InChI=1S/C49H28F3N5/c1-29-25-35(27-36(26-29)49(50,51)52)30-13-15-32(16-14-30)45-44-43(39-11-7-8-12-41(39)55-45)40(31-9-5-4-6-10-31)28-42-48(44)57-47(34-19-23-38(54-3)24-20-34)46(56-42)33-17-21-37(53-2)22-18-33/h4-28H,1H3. The number of pyridine rings is 1. The van der Waals surface area contributed by atoms with Gasteiger partial charge in [0.25, 0.3) is 0 Å². The lowest BCUT2D eigenvalue weighted by molar-refractivity contribution is -0.137. The van der Waals surface area contributed by atoms with Crippen LogP contribution < -0.4 is 0 Å². The van der Waals surface area contributed by atoms with Crippen molar-refractivity contribution in [3.63, 3.8) is 0 Å². The van der Waals surface area contributed by atoms with Gasteiger partial charge in [-0.15, -0.1) is 0 Å². The quantitative estimate of drug-likeness (QED) is 0.130. The molecule has 2 aromatic heterocycles. The van der Waals surface area contributed by atoms with Crippen LogP contribution in [-0.4, -0.2) is 15.0 Å². The van der Waals surface area contributed by atoms with Gasteiger partial charge in [-0.1, -0.05) is 127 Å². The predicted molar refractivity (Wildman–Crippen MR) is 222 cm³/mol. The largest absolute Gasteiger partial charge is 0.416 e. The van der Waals surface area contributed by atoms with Crippen molar-refractivity contribution in [2.75, 3.05) is 0 Å². The Kier molecular flexibility index (Phi) is 8.53. The molecule has 0 N–H and O–H groups in total. The minimum atomic E-state index is -4.47. The number of halogens is 3. The molecule has 0 spiro atoms. The molecule has 0 bridgehead atoms. The van der Waals surface area contributed by atoms with Gasteiger partial charge in [0, 0.05) is 21.7 Å². The van der Waals surface area contributed by atoms with E-state index in [4.69, 9.17) is 28.1 Å². The van der Waals surface area contributed by atoms with Crippen LogP contribution in [0.3, 0.4) is 0 Å². The predicted octanol–water partition coefficient (Wildman–Crippen LogP) is 14.1. The summed E-state index contributed by atoms with van der Waals surface area (Å²) in [5, 5.41) is 2.63. The third kappa shape index (κ3) is 6.40. The maximum atomic E-state index is 13.8. The van der Waals surface area contributed by atoms with Crippen LogP contribution >= 0.6 is 0 Å². The number of aryl methyl sites for hydroxylation is 1. The summed E-state index contributed by atoms with van der Waals surface area (Å²) in [5.41, 5.74) is 10.0. The van der Waals surface area contributed by atoms with Gasteiger partial charge in [-0.25, -0.2) is 24.6 Å². The summed E-state index contributed by atoms with van der Waals surface area (Å²) in [5.74, 6) is 0. The van der Waals surface area contributed by atoms with E-state index in [2.05, 4.69) is 34.0 Å². The van der Waals surface area contributed by atoms with Crippen LogP contribution in [-0.2, 0) is 6.18 Å². The van der Waals surface area contributed by atoms with Gasteiger partial charge in [-0.3, -0.25) is 0 Å². The van der Waals surface area contributed by atoms with Gasteiger partial charge >= 0.3 is 6.18 Å². The Hall–Kier alpha value is -7.68. The highest BCUT2D eigenvalue weighted by molar-refractivity contribution is 6.25. The molecule has 0 aliphatic rings. The summed E-state index contributed by atoms with van der Waals surface area (Å²) in [7, 11) is 0. The number of aromatic nitrogens is 3. The van der Waals surface area contributed by atoms with Gasteiger partial charge in [-0.2, -0.15) is 13.2 Å². The van der Waals surface area contributed by atoms with Crippen LogP contribution in [0.5, 0.6) is 0 Å². The first-order chi connectivity index (χ1) is 27.7. The fraction of sp³-hybridized carbons (Fsp3) is 0.0408. The summed E-state index contributed by atoms with van der Waals surface area (Å²) in [6, 6.07) is 46.1. The number of rotatable bonds is 5. The summed E-state index contributed by atoms with van der Waals surface area (Å²) in [4.78, 5) is 23.2. The summed E-state index contributed by atoms with van der Waals surface area (Å²) >= 11 is 0. The van der Waals surface area contributed by atoms with Crippen LogP contribution in [0.15, 0.2) is 152 Å². The van der Waals surface area contributed by atoms with Gasteiger partial charge in [0.15, 0.2) is 11.4 Å². The van der Waals surface area contributed by atoms with E-state index in [0.717, 1.165) is 55.6 Å². The number of nitrogens with zero attached hydrogens (tertiary/aromatic N) is 5. The summed E-state index contributed by atoms with van der Waals surface area (Å²) in [6.07, 6.45) is -4.47. The van der Waals surface area contributed by atoms with Crippen molar-refractivity contribution in [2.24, 2.45) is 0 Å². The van der Waals surface area contributed by atoms with Gasteiger partial charge in [-0.05, 0) is 70.1 Å². The first-order valence-corrected chi connectivity index (χ1v) is 18.1. The van der Waals surface area contributed by atoms with E-state index in [1.807, 2.05) is 84.9 Å². The van der Waals surface area contributed by atoms with E-state index < -0.39 is 11.7 Å². The fourth-order valence-electron chi connectivity index (χ4n) is 7.44. The van der Waals surface area contributed by atoms with Gasteiger partial charge in [0.1, 0.15) is 0 Å². The molecule has 270 valence electrons. The zero-order chi connectivity index (χ0) is 39.3. The number of benzene rings is 7. The maximum absolute atomic E-state index is 13.8. The highest BCUT2D eigenvalue weighted by Gasteiger charge is 2.31. The molecule has 57 heavy (non-hydrogen) atoms. The molecule has 9 aromatic rings. The lowest BCUT2D eigenvalue weighted by Crippen LogP contribution is -2.05. The lowest BCUT2D eigenvalue weighted by atomic mass is 9.90. The average Bonchev–Trinajstić information content (AvgIpc) is 3.25. The molecule has 0 amide bonds. The van der Waals surface area contributed by atoms with Crippen molar-refractivity contribution in [1.82, 2.24) is 15.0 Å². The molecule has 9 rings (SSSR count). The lowest BCUT2D eigenvalue weighted by Gasteiger charge is -2.18. The third-order valence-corrected chi connectivity index (χ3v) is 10.1. The van der Waals surface area contributed by atoms with Crippen LogP contribution in [0.25, 0.3) is 98.4 Å². The topological polar surface area (TPSA) is 47.4 Å². The zero-order valence-corrected chi connectivity index (χ0v) is 30.3. The van der Waals surface area contributed by atoms with Gasteiger partial charge < -0.3 is 0 Å². The van der Waals surface area contributed by atoms with E-state index in [1.54, 1.807) is 37.3 Å². The molecule has 0 saturated carbocycles. The molecule has 0 atom stereocenters. The normalized spacial score (nSPS) is 11.5. The van der Waals surface area contributed by atoms with E-state index in [0.29, 0.717) is 56.2 Å². The molecule has 2 heterocycles. The van der Waals surface area contributed by atoms with Crippen LogP contribution in [0, 0.1) is 20.1 Å². The average molecular weight is 744 g/mol. The molecule has 0 unspecified atom stereocenters. The van der Waals surface area contributed by atoms with Crippen molar-refractivity contribution in [3.8, 4) is 56.0 Å². The Morgan fingerprint density at radius 2 is 1.02 bits per heavy atom. The molecular weight excluding hydrogens is 716 g/mol. The third-order valence-electron chi connectivity index (χ3n) is 10.1. The SMILES string of the molecule is [C-]#[N+]c1ccc(-c2nc3cc(-c4ccccc4)c4c5ccccc5nc(-c5ccc(-c6cc(C)cc(C(F)(F)F)c6)cc5)c4c3nc2-c2ccc([N+]#[C-])cc2)cc1. The highest BCUT2D eigenvalue weighted by Crippen LogP contribution is 2.44. The fourth-order valence-corrected chi connectivity index (χ4v) is 7.44.